The lowest BCUT2D eigenvalue weighted by Crippen LogP contribution is -2.27. The van der Waals surface area contributed by atoms with Crippen LogP contribution < -0.4 is 10.1 Å². The standard InChI is InChI=1S/C14H20ClNO/c1-2-3-4-9-16-13-8-10-17-14-11(13)6-5-7-12(14)15/h5-7,13,16H,2-4,8-10H2,1H3. The fourth-order valence-electron chi connectivity index (χ4n) is 2.25. The van der Waals surface area contributed by atoms with Crippen LogP contribution in [0.5, 0.6) is 5.75 Å². The quantitative estimate of drug-likeness (QED) is 0.803. The topological polar surface area (TPSA) is 21.3 Å². The van der Waals surface area contributed by atoms with Gasteiger partial charge in [0, 0.05) is 18.0 Å². The molecule has 0 bridgehead atoms. The molecular weight excluding hydrogens is 234 g/mol. The zero-order valence-electron chi connectivity index (χ0n) is 10.3. The van der Waals surface area contributed by atoms with Crippen LogP contribution in [0.1, 0.15) is 44.2 Å². The first-order valence-corrected chi connectivity index (χ1v) is 6.85. The number of hydrogen-bond donors (Lipinski definition) is 1. The smallest absolute Gasteiger partial charge is 0.142 e. The average Bonchev–Trinajstić information content (AvgIpc) is 2.36. The van der Waals surface area contributed by atoms with Crippen LogP contribution in [0.3, 0.4) is 0 Å². The maximum Gasteiger partial charge on any atom is 0.142 e. The maximum absolute atomic E-state index is 6.14. The summed E-state index contributed by atoms with van der Waals surface area (Å²) in [4.78, 5) is 0. The van der Waals surface area contributed by atoms with Crippen molar-refractivity contribution < 1.29 is 4.74 Å². The molecule has 1 N–H and O–H groups in total. The number of benzene rings is 1. The molecule has 0 aliphatic carbocycles. The predicted octanol–water partition coefficient (Wildman–Crippen LogP) is 3.94. The Morgan fingerprint density at radius 2 is 2.29 bits per heavy atom. The van der Waals surface area contributed by atoms with Crippen LogP contribution in [-0.2, 0) is 0 Å². The van der Waals surface area contributed by atoms with Crippen molar-refractivity contribution in [3.05, 3.63) is 28.8 Å². The molecule has 3 heteroatoms. The average molecular weight is 254 g/mol. The molecule has 1 aliphatic rings. The summed E-state index contributed by atoms with van der Waals surface area (Å²) in [5.74, 6) is 0.869. The Hall–Kier alpha value is -0.730. The Kier molecular flexibility index (Phi) is 4.69. The normalized spacial score (nSPS) is 18.6. The molecule has 0 radical (unpaired) electrons. The third-order valence-corrected chi connectivity index (χ3v) is 3.49. The van der Waals surface area contributed by atoms with Crippen molar-refractivity contribution >= 4 is 11.6 Å². The Morgan fingerprint density at radius 3 is 3.12 bits per heavy atom. The molecule has 0 spiro atoms. The Bertz CT molecular complexity index is 367. The zero-order chi connectivity index (χ0) is 12.1. The monoisotopic (exact) mass is 253 g/mol. The van der Waals surface area contributed by atoms with E-state index in [-0.39, 0.29) is 0 Å². The first kappa shape index (κ1) is 12.7. The number of hydrogen-bond acceptors (Lipinski definition) is 2. The van der Waals surface area contributed by atoms with Gasteiger partial charge in [0.25, 0.3) is 0 Å². The van der Waals surface area contributed by atoms with Gasteiger partial charge in [0.05, 0.1) is 11.6 Å². The van der Waals surface area contributed by atoms with Crippen LogP contribution in [0.2, 0.25) is 5.02 Å². The third kappa shape index (κ3) is 3.14. The zero-order valence-corrected chi connectivity index (χ0v) is 11.1. The van der Waals surface area contributed by atoms with E-state index in [1.54, 1.807) is 0 Å². The van der Waals surface area contributed by atoms with Gasteiger partial charge >= 0.3 is 0 Å². The minimum atomic E-state index is 0.398. The fourth-order valence-corrected chi connectivity index (χ4v) is 2.49. The van der Waals surface area contributed by atoms with E-state index < -0.39 is 0 Å². The van der Waals surface area contributed by atoms with Crippen LogP contribution in [-0.4, -0.2) is 13.2 Å². The summed E-state index contributed by atoms with van der Waals surface area (Å²) in [7, 11) is 0. The van der Waals surface area contributed by atoms with Crippen molar-refractivity contribution in [3.8, 4) is 5.75 Å². The highest BCUT2D eigenvalue weighted by Gasteiger charge is 2.22. The van der Waals surface area contributed by atoms with Gasteiger partial charge in [-0.05, 0) is 19.0 Å². The summed E-state index contributed by atoms with van der Waals surface area (Å²) in [6.07, 6.45) is 4.82. The van der Waals surface area contributed by atoms with E-state index in [9.17, 15) is 0 Å². The van der Waals surface area contributed by atoms with E-state index in [0.717, 1.165) is 30.3 Å². The minimum Gasteiger partial charge on any atom is -0.492 e. The lowest BCUT2D eigenvalue weighted by Gasteiger charge is -2.27. The second-order valence-electron chi connectivity index (χ2n) is 4.51. The number of halogens is 1. The molecule has 0 aromatic heterocycles. The molecule has 0 saturated carbocycles. The van der Waals surface area contributed by atoms with E-state index in [1.165, 1.54) is 24.8 Å². The summed E-state index contributed by atoms with van der Waals surface area (Å²) in [5.41, 5.74) is 1.21. The lowest BCUT2D eigenvalue weighted by molar-refractivity contribution is 0.252. The summed E-state index contributed by atoms with van der Waals surface area (Å²) in [5, 5.41) is 4.33. The van der Waals surface area contributed by atoms with Gasteiger partial charge in [0.1, 0.15) is 5.75 Å². The summed E-state index contributed by atoms with van der Waals surface area (Å²) >= 11 is 6.14. The Balaban J connectivity index is 1.99. The van der Waals surface area contributed by atoms with Gasteiger partial charge in [-0.3, -0.25) is 0 Å². The van der Waals surface area contributed by atoms with E-state index >= 15 is 0 Å². The molecule has 17 heavy (non-hydrogen) atoms. The number of fused-ring (bicyclic) bond motifs is 1. The Labute approximate surface area is 108 Å². The first-order valence-electron chi connectivity index (χ1n) is 6.47. The maximum atomic E-state index is 6.14. The number of ether oxygens (including phenoxy) is 1. The van der Waals surface area contributed by atoms with E-state index in [2.05, 4.69) is 18.3 Å². The SMILES string of the molecule is CCCCCNC1CCOc2c(Cl)cccc21. The number of rotatable bonds is 5. The van der Waals surface area contributed by atoms with Crippen molar-refractivity contribution in [1.29, 1.82) is 0 Å². The molecule has 1 atom stereocenters. The minimum absolute atomic E-state index is 0.398. The van der Waals surface area contributed by atoms with Crippen molar-refractivity contribution in [1.82, 2.24) is 5.32 Å². The van der Waals surface area contributed by atoms with Gasteiger partial charge in [-0.2, -0.15) is 0 Å². The summed E-state index contributed by atoms with van der Waals surface area (Å²) in [6, 6.07) is 6.39. The first-order chi connectivity index (χ1) is 8.33. The van der Waals surface area contributed by atoms with Gasteiger partial charge in [0.2, 0.25) is 0 Å². The summed E-state index contributed by atoms with van der Waals surface area (Å²) in [6.45, 7) is 4.05. The summed E-state index contributed by atoms with van der Waals surface area (Å²) < 4.78 is 5.64. The van der Waals surface area contributed by atoms with Crippen molar-refractivity contribution in [2.75, 3.05) is 13.2 Å². The Morgan fingerprint density at radius 1 is 1.41 bits per heavy atom. The number of para-hydroxylation sites is 1. The molecule has 1 aromatic carbocycles. The van der Waals surface area contributed by atoms with Gasteiger partial charge in [-0.15, -0.1) is 0 Å². The van der Waals surface area contributed by atoms with E-state index in [0.29, 0.717) is 6.04 Å². The molecule has 0 amide bonds. The van der Waals surface area contributed by atoms with Crippen molar-refractivity contribution in [2.45, 2.75) is 38.6 Å². The third-order valence-electron chi connectivity index (χ3n) is 3.20. The molecule has 2 nitrogen and oxygen atoms in total. The van der Waals surface area contributed by atoms with Gasteiger partial charge < -0.3 is 10.1 Å². The number of nitrogens with one attached hydrogen (secondary N) is 1. The lowest BCUT2D eigenvalue weighted by atomic mass is 10.0. The molecule has 0 saturated heterocycles. The molecule has 2 rings (SSSR count). The second kappa shape index (κ2) is 6.27. The van der Waals surface area contributed by atoms with Crippen molar-refractivity contribution in [2.24, 2.45) is 0 Å². The van der Waals surface area contributed by atoms with Crippen LogP contribution in [0.25, 0.3) is 0 Å². The molecule has 94 valence electrons. The molecule has 1 unspecified atom stereocenters. The van der Waals surface area contributed by atoms with Gasteiger partial charge in [-0.25, -0.2) is 0 Å². The van der Waals surface area contributed by atoms with Crippen LogP contribution in [0, 0.1) is 0 Å². The van der Waals surface area contributed by atoms with E-state index in [4.69, 9.17) is 16.3 Å². The van der Waals surface area contributed by atoms with E-state index in [1.807, 2.05) is 12.1 Å². The fraction of sp³-hybridized carbons (Fsp3) is 0.571. The largest absolute Gasteiger partial charge is 0.492 e. The molecular formula is C14H20ClNO. The molecule has 1 heterocycles. The second-order valence-corrected chi connectivity index (χ2v) is 4.92. The highest BCUT2D eigenvalue weighted by atomic mass is 35.5. The van der Waals surface area contributed by atoms with Crippen LogP contribution in [0.15, 0.2) is 18.2 Å². The van der Waals surface area contributed by atoms with Crippen LogP contribution >= 0.6 is 11.6 Å². The number of unbranched alkanes of at least 4 members (excludes halogenated alkanes) is 2. The molecule has 0 fully saturated rings. The highest BCUT2D eigenvalue weighted by Crippen LogP contribution is 2.37. The van der Waals surface area contributed by atoms with Crippen molar-refractivity contribution in [3.63, 3.8) is 0 Å². The predicted molar refractivity (Wildman–Crippen MR) is 71.8 cm³/mol. The molecule has 1 aliphatic heterocycles. The van der Waals surface area contributed by atoms with Gasteiger partial charge in [-0.1, -0.05) is 43.5 Å². The highest BCUT2D eigenvalue weighted by molar-refractivity contribution is 6.32. The molecule has 1 aromatic rings. The van der Waals surface area contributed by atoms with Gasteiger partial charge in [0.15, 0.2) is 0 Å². The van der Waals surface area contributed by atoms with Crippen LogP contribution in [0.4, 0.5) is 0 Å².